The molecule has 108 valence electrons. The highest BCUT2D eigenvalue weighted by molar-refractivity contribution is 5.77. The van der Waals surface area contributed by atoms with Gasteiger partial charge in [-0.1, -0.05) is 12.1 Å². The van der Waals surface area contributed by atoms with Crippen molar-refractivity contribution in [1.29, 1.82) is 0 Å². The van der Waals surface area contributed by atoms with Crippen LogP contribution in [0, 0.1) is 6.92 Å². The summed E-state index contributed by atoms with van der Waals surface area (Å²) in [6.45, 7) is 4.01. The van der Waals surface area contributed by atoms with Crippen LogP contribution in [0.5, 0.6) is 0 Å². The van der Waals surface area contributed by atoms with Gasteiger partial charge in [-0.15, -0.1) is 0 Å². The van der Waals surface area contributed by atoms with Crippen molar-refractivity contribution in [3.63, 3.8) is 0 Å². The largest absolute Gasteiger partial charge is 0.423 e. The molecule has 1 fully saturated rings. The Kier molecular flexibility index (Phi) is 3.18. The molecule has 2 aromatic rings. The lowest BCUT2D eigenvalue weighted by atomic mass is 10.0. The lowest BCUT2D eigenvalue weighted by Crippen LogP contribution is -2.42. The molecule has 1 aliphatic heterocycles. The van der Waals surface area contributed by atoms with E-state index in [1.54, 1.807) is 0 Å². The van der Waals surface area contributed by atoms with Gasteiger partial charge in [0.25, 0.3) is 6.01 Å². The van der Waals surface area contributed by atoms with Crippen LogP contribution in [0.4, 0.5) is 6.01 Å². The van der Waals surface area contributed by atoms with Crippen molar-refractivity contribution < 1.29 is 9.52 Å². The molecule has 20 heavy (non-hydrogen) atoms. The molecule has 1 atom stereocenters. The number of aromatic nitrogens is 1. The number of oxazole rings is 1. The first-order valence-electron chi connectivity index (χ1n) is 6.95. The molecule has 0 unspecified atom stereocenters. The molecule has 0 amide bonds. The highest BCUT2D eigenvalue weighted by Gasteiger charge is 2.38. The summed E-state index contributed by atoms with van der Waals surface area (Å²) >= 11 is 0. The van der Waals surface area contributed by atoms with Gasteiger partial charge in [-0.25, -0.2) is 0 Å². The number of β-amino-alcohol motifs (C(OH)–C–C–N with tert-alkyl or cyclic N) is 1. The predicted molar refractivity (Wildman–Crippen MR) is 79.1 cm³/mol. The second-order valence-electron chi connectivity index (χ2n) is 6.05. The Morgan fingerprint density at radius 2 is 2.25 bits per heavy atom. The Bertz CT molecular complexity index is 623. The predicted octanol–water partition coefficient (Wildman–Crippen LogP) is 1.64. The van der Waals surface area contributed by atoms with Gasteiger partial charge in [0.1, 0.15) is 5.52 Å². The number of hydrogen-bond acceptors (Lipinski definition) is 5. The summed E-state index contributed by atoms with van der Waals surface area (Å²) in [7, 11) is 3.95. The molecule has 0 bridgehead atoms. The molecule has 0 spiro atoms. The van der Waals surface area contributed by atoms with E-state index in [0.717, 1.165) is 29.6 Å². The molecular formula is C15H21N3O2. The molecule has 5 nitrogen and oxygen atoms in total. The van der Waals surface area contributed by atoms with Crippen molar-refractivity contribution in [2.45, 2.75) is 18.9 Å². The van der Waals surface area contributed by atoms with Crippen molar-refractivity contribution >= 4 is 17.1 Å². The van der Waals surface area contributed by atoms with Gasteiger partial charge in [0.2, 0.25) is 0 Å². The topological polar surface area (TPSA) is 52.7 Å². The zero-order valence-electron chi connectivity index (χ0n) is 12.3. The molecule has 0 radical (unpaired) electrons. The van der Waals surface area contributed by atoms with Gasteiger partial charge in [-0.2, -0.15) is 4.98 Å². The van der Waals surface area contributed by atoms with E-state index in [1.165, 1.54) is 0 Å². The van der Waals surface area contributed by atoms with Gasteiger partial charge in [0, 0.05) is 13.1 Å². The number of likely N-dealkylation sites (N-methyl/N-ethyl adjacent to an activating group) is 1. The van der Waals surface area contributed by atoms with E-state index in [-0.39, 0.29) is 0 Å². The summed E-state index contributed by atoms with van der Waals surface area (Å²) in [5, 5.41) is 10.6. The molecule has 1 saturated heterocycles. The number of anilines is 1. The van der Waals surface area contributed by atoms with E-state index in [0.29, 0.717) is 19.1 Å². The molecule has 2 heterocycles. The number of rotatable bonds is 3. The Morgan fingerprint density at radius 1 is 1.45 bits per heavy atom. The van der Waals surface area contributed by atoms with Crippen LogP contribution in [0.25, 0.3) is 11.1 Å². The van der Waals surface area contributed by atoms with Crippen LogP contribution in [-0.2, 0) is 0 Å². The number of aliphatic hydroxyl groups is 1. The van der Waals surface area contributed by atoms with Gasteiger partial charge in [-0.05, 0) is 39.1 Å². The third kappa shape index (κ3) is 2.39. The number of benzene rings is 1. The van der Waals surface area contributed by atoms with Crippen molar-refractivity contribution in [2.24, 2.45) is 0 Å². The molecule has 3 rings (SSSR count). The number of aryl methyl sites for hydroxylation is 1. The van der Waals surface area contributed by atoms with Crippen molar-refractivity contribution in [2.75, 3.05) is 38.6 Å². The van der Waals surface area contributed by atoms with Gasteiger partial charge in [0.15, 0.2) is 5.58 Å². The number of nitrogens with zero attached hydrogens (tertiary/aromatic N) is 3. The first-order chi connectivity index (χ1) is 9.47. The van der Waals surface area contributed by atoms with Crippen LogP contribution in [0.15, 0.2) is 22.6 Å². The van der Waals surface area contributed by atoms with E-state index in [4.69, 9.17) is 4.42 Å². The molecule has 1 aromatic heterocycles. The van der Waals surface area contributed by atoms with Crippen LogP contribution in [0.1, 0.15) is 12.0 Å². The molecule has 0 aliphatic carbocycles. The third-order valence-electron chi connectivity index (χ3n) is 3.81. The first kappa shape index (κ1) is 13.4. The monoisotopic (exact) mass is 275 g/mol. The lowest BCUT2D eigenvalue weighted by Gasteiger charge is -2.26. The maximum Gasteiger partial charge on any atom is 0.298 e. The minimum atomic E-state index is -0.681. The zero-order valence-corrected chi connectivity index (χ0v) is 12.3. The minimum absolute atomic E-state index is 0.567. The fourth-order valence-corrected chi connectivity index (χ4v) is 2.95. The van der Waals surface area contributed by atoms with Gasteiger partial charge < -0.3 is 19.3 Å². The second-order valence-corrected chi connectivity index (χ2v) is 6.05. The van der Waals surface area contributed by atoms with Crippen molar-refractivity contribution in [3.05, 3.63) is 23.8 Å². The fourth-order valence-electron chi connectivity index (χ4n) is 2.95. The van der Waals surface area contributed by atoms with Gasteiger partial charge >= 0.3 is 0 Å². The Hall–Kier alpha value is -1.59. The van der Waals surface area contributed by atoms with E-state index in [2.05, 4.69) is 4.98 Å². The summed E-state index contributed by atoms with van der Waals surface area (Å²) in [6, 6.07) is 6.57. The first-order valence-corrected chi connectivity index (χ1v) is 6.95. The minimum Gasteiger partial charge on any atom is -0.423 e. The number of fused-ring (bicyclic) bond motifs is 1. The maximum atomic E-state index is 10.6. The standard InChI is InChI=1S/C15H21N3O2/c1-11-5-4-6-12-13(11)20-14(16-12)18-8-7-15(19,10-18)9-17(2)3/h4-6,19H,7-10H2,1-3H3/t15-/m1/s1. The SMILES string of the molecule is Cc1cccc2nc(N3CC[C@@](O)(CN(C)C)C3)oc12. The molecule has 1 aliphatic rings. The Balaban J connectivity index is 1.84. The number of para-hydroxylation sites is 1. The molecule has 0 saturated carbocycles. The third-order valence-corrected chi connectivity index (χ3v) is 3.81. The maximum absolute atomic E-state index is 10.6. The summed E-state index contributed by atoms with van der Waals surface area (Å²) < 4.78 is 5.87. The Morgan fingerprint density at radius 3 is 2.95 bits per heavy atom. The Labute approximate surface area is 118 Å². The quantitative estimate of drug-likeness (QED) is 0.923. The van der Waals surface area contributed by atoms with E-state index >= 15 is 0 Å². The highest BCUT2D eigenvalue weighted by Crippen LogP contribution is 2.30. The van der Waals surface area contributed by atoms with E-state index in [9.17, 15) is 5.11 Å². The van der Waals surface area contributed by atoms with E-state index in [1.807, 2.05) is 49.0 Å². The summed E-state index contributed by atoms with van der Waals surface area (Å²) in [5.74, 6) is 0. The van der Waals surface area contributed by atoms with Gasteiger partial charge in [0.05, 0.1) is 12.1 Å². The van der Waals surface area contributed by atoms with Crippen molar-refractivity contribution in [1.82, 2.24) is 9.88 Å². The van der Waals surface area contributed by atoms with Crippen molar-refractivity contribution in [3.8, 4) is 0 Å². The highest BCUT2D eigenvalue weighted by atomic mass is 16.4. The number of hydrogen-bond donors (Lipinski definition) is 1. The summed E-state index contributed by atoms with van der Waals surface area (Å²) in [6.07, 6.45) is 0.739. The summed E-state index contributed by atoms with van der Waals surface area (Å²) in [5.41, 5.74) is 2.12. The summed E-state index contributed by atoms with van der Waals surface area (Å²) in [4.78, 5) is 8.58. The second kappa shape index (κ2) is 4.75. The normalized spacial score (nSPS) is 23.1. The fraction of sp³-hybridized carbons (Fsp3) is 0.533. The molecular weight excluding hydrogens is 254 g/mol. The smallest absolute Gasteiger partial charge is 0.298 e. The van der Waals surface area contributed by atoms with E-state index < -0.39 is 5.60 Å². The molecule has 1 aromatic carbocycles. The van der Waals surface area contributed by atoms with Crippen LogP contribution in [-0.4, -0.2) is 54.3 Å². The lowest BCUT2D eigenvalue weighted by molar-refractivity contribution is 0.0364. The van der Waals surface area contributed by atoms with Crippen LogP contribution < -0.4 is 4.90 Å². The molecule has 1 N–H and O–H groups in total. The zero-order chi connectivity index (χ0) is 14.3. The van der Waals surface area contributed by atoms with Crippen LogP contribution in [0.2, 0.25) is 0 Å². The van der Waals surface area contributed by atoms with Crippen LogP contribution >= 0.6 is 0 Å². The average Bonchev–Trinajstić information content (AvgIpc) is 2.93. The van der Waals surface area contributed by atoms with Crippen LogP contribution in [0.3, 0.4) is 0 Å². The average molecular weight is 275 g/mol. The molecule has 5 heteroatoms. The van der Waals surface area contributed by atoms with Gasteiger partial charge in [-0.3, -0.25) is 0 Å².